The zero-order chi connectivity index (χ0) is 13.1. The molecule has 0 aliphatic heterocycles. The molecule has 0 radical (unpaired) electrons. The van der Waals surface area contributed by atoms with Crippen LogP contribution >= 0.6 is 11.6 Å². The number of carbonyl (C=O) groups is 1. The van der Waals surface area contributed by atoms with Gasteiger partial charge in [0.05, 0.1) is 22.9 Å². The maximum absolute atomic E-state index is 11.9. The van der Waals surface area contributed by atoms with Crippen molar-refractivity contribution < 1.29 is 4.79 Å². The van der Waals surface area contributed by atoms with E-state index in [4.69, 9.17) is 11.6 Å². The van der Waals surface area contributed by atoms with Gasteiger partial charge in [-0.25, -0.2) is 0 Å². The van der Waals surface area contributed by atoms with Crippen molar-refractivity contribution in [3.63, 3.8) is 0 Å². The predicted octanol–water partition coefficient (Wildman–Crippen LogP) is 2.47. The van der Waals surface area contributed by atoms with Gasteiger partial charge in [0.1, 0.15) is 0 Å². The third-order valence-corrected chi connectivity index (χ3v) is 3.63. The number of halogens is 1. The Morgan fingerprint density at radius 1 is 1.61 bits per heavy atom. The molecule has 1 amide bonds. The monoisotopic (exact) mass is 267 g/mol. The molecule has 0 atom stereocenters. The Labute approximate surface area is 112 Å². The number of aromatic nitrogens is 1. The first-order valence-corrected chi connectivity index (χ1v) is 6.64. The summed E-state index contributed by atoms with van der Waals surface area (Å²) in [5, 5.41) is 3.36. The fourth-order valence-electron chi connectivity index (χ4n) is 1.96. The first kappa shape index (κ1) is 13.3. The van der Waals surface area contributed by atoms with Crippen LogP contribution in [0.4, 0.5) is 5.69 Å². The molecule has 0 aromatic carbocycles. The maximum Gasteiger partial charge on any atom is 0.238 e. The number of likely N-dealkylation sites (N-methyl/N-ethyl adjacent to an activating group) is 1. The molecule has 98 valence electrons. The summed E-state index contributed by atoms with van der Waals surface area (Å²) in [5.74, 6) is -0.0174. The number of hydrogen-bond acceptors (Lipinski definition) is 3. The van der Waals surface area contributed by atoms with Crippen molar-refractivity contribution in [2.24, 2.45) is 0 Å². The van der Waals surface area contributed by atoms with Crippen LogP contribution in [-0.4, -0.2) is 34.9 Å². The van der Waals surface area contributed by atoms with E-state index in [-0.39, 0.29) is 5.91 Å². The highest BCUT2D eigenvalue weighted by Gasteiger charge is 2.29. The Morgan fingerprint density at radius 2 is 2.33 bits per heavy atom. The van der Waals surface area contributed by atoms with Crippen LogP contribution in [0, 0.1) is 6.92 Å². The van der Waals surface area contributed by atoms with Crippen molar-refractivity contribution >= 4 is 23.2 Å². The van der Waals surface area contributed by atoms with Gasteiger partial charge in [0.15, 0.2) is 0 Å². The molecule has 1 heterocycles. The van der Waals surface area contributed by atoms with Gasteiger partial charge in [-0.15, -0.1) is 0 Å². The summed E-state index contributed by atoms with van der Waals surface area (Å²) in [5.41, 5.74) is 1.37. The lowest BCUT2D eigenvalue weighted by Crippen LogP contribution is -2.34. The highest BCUT2D eigenvalue weighted by Crippen LogP contribution is 2.27. The molecule has 0 saturated heterocycles. The van der Waals surface area contributed by atoms with Crippen molar-refractivity contribution in [1.29, 1.82) is 0 Å². The van der Waals surface area contributed by atoms with Gasteiger partial charge < -0.3 is 5.32 Å². The van der Waals surface area contributed by atoms with Crippen molar-refractivity contribution in [1.82, 2.24) is 9.88 Å². The second kappa shape index (κ2) is 5.67. The molecule has 0 unspecified atom stereocenters. The van der Waals surface area contributed by atoms with Crippen LogP contribution in [0.5, 0.6) is 0 Å². The molecule has 4 nitrogen and oxygen atoms in total. The van der Waals surface area contributed by atoms with E-state index in [2.05, 4.69) is 22.1 Å². The summed E-state index contributed by atoms with van der Waals surface area (Å²) in [6.45, 7) is 5.23. The molecule has 1 fully saturated rings. The Hall–Kier alpha value is -1.13. The molecule has 1 saturated carbocycles. The number of nitrogens with one attached hydrogen (secondary N) is 1. The number of rotatable bonds is 5. The zero-order valence-electron chi connectivity index (χ0n) is 10.7. The van der Waals surface area contributed by atoms with E-state index < -0.39 is 0 Å². The van der Waals surface area contributed by atoms with E-state index in [9.17, 15) is 4.79 Å². The fourth-order valence-corrected chi connectivity index (χ4v) is 2.12. The Kier molecular flexibility index (Phi) is 4.19. The Balaban J connectivity index is 1.96. The maximum atomic E-state index is 11.9. The molecule has 18 heavy (non-hydrogen) atoms. The average molecular weight is 268 g/mol. The van der Waals surface area contributed by atoms with Crippen LogP contribution < -0.4 is 5.32 Å². The number of nitrogens with zero attached hydrogens (tertiary/aromatic N) is 2. The molecule has 1 N–H and O–H groups in total. The quantitative estimate of drug-likeness (QED) is 0.891. The summed E-state index contributed by atoms with van der Waals surface area (Å²) < 4.78 is 0. The molecule has 5 heteroatoms. The minimum atomic E-state index is -0.0174. The summed E-state index contributed by atoms with van der Waals surface area (Å²) in [6.07, 6.45) is 4.06. The van der Waals surface area contributed by atoms with Crippen LogP contribution in [0.3, 0.4) is 0 Å². The number of pyridine rings is 1. The largest absolute Gasteiger partial charge is 0.324 e. The lowest BCUT2D eigenvalue weighted by Gasteiger charge is -2.19. The lowest BCUT2D eigenvalue weighted by molar-refractivity contribution is -0.117. The number of hydrogen-bond donors (Lipinski definition) is 1. The summed E-state index contributed by atoms with van der Waals surface area (Å²) in [6, 6.07) is 2.32. The molecule has 1 aromatic heterocycles. The summed E-state index contributed by atoms with van der Waals surface area (Å²) in [4.78, 5) is 18.2. The first-order chi connectivity index (χ1) is 8.61. The fraction of sp³-hybridized carbons (Fsp3) is 0.538. The minimum absolute atomic E-state index is 0.0174. The molecule has 0 spiro atoms. The van der Waals surface area contributed by atoms with Crippen molar-refractivity contribution in [2.45, 2.75) is 32.7 Å². The van der Waals surface area contributed by atoms with E-state index in [1.165, 1.54) is 12.8 Å². The second-order valence-corrected chi connectivity index (χ2v) is 4.98. The second-order valence-electron chi connectivity index (χ2n) is 4.60. The summed E-state index contributed by atoms with van der Waals surface area (Å²) >= 11 is 6.09. The third kappa shape index (κ3) is 3.21. The molecule has 1 aromatic rings. The van der Waals surface area contributed by atoms with Crippen molar-refractivity contribution in [3.05, 3.63) is 23.0 Å². The van der Waals surface area contributed by atoms with Gasteiger partial charge in [-0.1, -0.05) is 18.5 Å². The van der Waals surface area contributed by atoms with Gasteiger partial charge in [-0.3, -0.25) is 14.7 Å². The van der Waals surface area contributed by atoms with E-state index >= 15 is 0 Å². The molecule has 0 bridgehead atoms. The normalized spacial score (nSPS) is 14.9. The predicted molar refractivity (Wildman–Crippen MR) is 72.9 cm³/mol. The highest BCUT2D eigenvalue weighted by molar-refractivity contribution is 6.34. The minimum Gasteiger partial charge on any atom is -0.324 e. The molecular formula is C13H18ClN3O. The van der Waals surface area contributed by atoms with E-state index in [1.54, 1.807) is 12.3 Å². The average Bonchev–Trinajstić information content (AvgIpc) is 3.16. The lowest BCUT2D eigenvalue weighted by atomic mass is 10.3. The Bertz CT molecular complexity index is 446. The molecule has 2 rings (SSSR count). The third-order valence-electron chi connectivity index (χ3n) is 3.15. The van der Waals surface area contributed by atoms with Gasteiger partial charge in [0.25, 0.3) is 0 Å². The molecule has 1 aliphatic carbocycles. The van der Waals surface area contributed by atoms with E-state index in [0.717, 1.165) is 12.2 Å². The van der Waals surface area contributed by atoms with Gasteiger partial charge in [-0.2, -0.15) is 0 Å². The van der Waals surface area contributed by atoms with Crippen molar-refractivity contribution in [3.8, 4) is 0 Å². The molecule has 1 aliphatic rings. The standard InChI is InChI=1S/C13H18ClN3O/c1-3-17(10-4-5-10)8-12(18)16-11-6-7-15-9(2)13(11)14/h6-7,10H,3-5,8H2,1-2H3,(H,15,16,18). The Morgan fingerprint density at radius 3 is 2.94 bits per heavy atom. The number of anilines is 1. The SMILES string of the molecule is CCN(CC(=O)Nc1ccnc(C)c1Cl)C1CC1. The van der Waals surface area contributed by atoms with Gasteiger partial charge in [0.2, 0.25) is 5.91 Å². The topological polar surface area (TPSA) is 45.2 Å². The van der Waals surface area contributed by atoms with Crippen LogP contribution in [0.25, 0.3) is 0 Å². The smallest absolute Gasteiger partial charge is 0.238 e. The van der Waals surface area contributed by atoms with Crippen LogP contribution in [0.15, 0.2) is 12.3 Å². The van der Waals surface area contributed by atoms with Gasteiger partial charge in [-0.05, 0) is 32.4 Å². The van der Waals surface area contributed by atoms with Crippen LogP contribution in [0.2, 0.25) is 5.02 Å². The van der Waals surface area contributed by atoms with Gasteiger partial charge >= 0.3 is 0 Å². The van der Waals surface area contributed by atoms with E-state index in [0.29, 0.717) is 23.3 Å². The zero-order valence-corrected chi connectivity index (χ0v) is 11.5. The number of aryl methyl sites for hydroxylation is 1. The van der Waals surface area contributed by atoms with Crippen LogP contribution in [-0.2, 0) is 4.79 Å². The van der Waals surface area contributed by atoms with Crippen molar-refractivity contribution in [2.75, 3.05) is 18.4 Å². The first-order valence-electron chi connectivity index (χ1n) is 6.26. The van der Waals surface area contributed by atoms with Gasteiger partial charge in [0, 0.05) is 12.2 Å². The van der Waals surface area contributed by atoms with Crippen LogP contribution in [0.1, 0.15) is 25.5 Å². The highest BCUT2D eigenvalue weighted by atomic mass is 35.5. The summed E-state index contributed by atoms with van der Waals surface area (Å²) in [7, 11) is 0. The van der Waals surface area contributed by atoms with E-state index in [1.807, 2.05) is 6.92 Å². The number of amides is 1. The number of carbonyl (C=O) groups excluding carboxylic acids is 1. The molecular weight excluding hydrogens is 250 g/mol.